The van der Waals surface area contributed by atoms with E-state index in [2.05, 4.69) is 4.99 Å². The average molecular weight is 478 g/mol. The van der Waals surface area contributed by atoms with Crippen LogP contribution in [0.5, 0.6) is 0 Å². The molecule has 0 spiro atoms. The smallest absolute Gasteiger partial charge is 0.248 e. The molecule has 0 N–H and O–H groups in total. The first kappa shape index (κ1) is 23.5. The lowest BCUT2D eigenvalue weighted by Crippen LogP contribution is -2.05. The van der Waals surface area contributed by atoms with E-state index in [4.69, 9.17) is 0 Å². The van der Waals surface area contributed by atoms with E-state index >= 15 is 0 Å². The molecular formula is C28H19F4NS. The number of halogens is 4. The number of hydrogen-bond donors (Lipinski definition) is 0. The SMILES string of the molecule is Fc1ccc(S/C=C/C(=N/c2ccc(-c3ccccc3)cc2)c2ccc(C(F)(F)F)cc2)cc1. The summed E-state index contributed by atoms with van der Waals surface area (Å²) in [7, 11) is 0. The normalized spacial score (nSPS) is 12.3. The van der Waals surface area contributed by atoms with Crippen molar-refractivity contribution >= 4 is 23.2 Å². The van der Waals surface area contributed by atoms with Crippen LogP contribution in [0, 0.1) is 5.82 Å². The molecule has 0 atom stereocenters. The molecule has 0 radical (unpaired) electrons. The summed E-state index contributed by atoms with van der Waals surface area (Å²) in [4.78, 5) is 5.51. The highest BCUT2D eigenvalue weighted by Crippen LogP contribution is 2.30. The molecule has 0 aromatic heterocycles. The second-order valence-corrected chi connectivity index (χ2v) is 8.34. The van der Waals surface area contributed by atoms with Crippen LogP contribution in [0.15, 0.2) is 125 Å². The Bertz CT molecular complexity index is 1280. The van der Waals surface area contributed by atoms with Crippen LogP contribution < -0.4 is 0 Å². The van der Waals surface area contributed by atoms with E-state index in [1.165, 1.54) is 36.0 Å². The Balaban J connectivity index is 1.63. The molecule has 4 aromatic carbocycles. The summed E-state index contributed by atoms with van der Waals surface area (Å²) in [6, 6.07) is 28.5. The third kappa shape index (κ3) is 6.23. The number of aliphatic imine (C=N–C) groups is 1. The molecule has 0 saturated heterocycles. The molecule has 170 valence electrons. The maximum atomic E-state index is 13.1. The number of thioether (sulfide) groups is 1. The third-order valence-electron chi connectivity index (χ3n) is 4.98. The lowest BCUT2D eigenvalue weighted by atomic mass is 10.1. The highest BCUT2D eigenvalue weighted by molar-refractivity contribution is 8.02. The van der Waals surface area contributed by atoms with Gasteiger partial charge in [-0.05, 0) is 71.1 Å². The fourth-order valence-corrected chi connectivity index (χ4v) is 3.86. The van der Waals surface area contributed by atoms with Gasteiger partial charge in [0.05, 0.1) is 17.0 Å². The van der Waals surface area contributed by atoms with Crippen LogP contribution in [0.3, 0.4) is 0 Å². The van der Waals surface area contributed by atoms with Crippen molar-refractivity contribution in [3.8, 4) is 11.1 Å². The number of rotatable bonds is 6. The van der Waals surface area contributed by atoms with E-state index in [9.17, 15) is 17.6 Å². The monoisotopic (exact) mass is 477 g/mol. The summed E-state index contributed by atoms with van der Waals surface area (Å²) in [5, 5.41) is 1.78. The van der Waals surface area contributed by atoms with Gasteiger partial charge in [-0.1, -0.05) is 66.4 Å². The van der Waals surface area contributed by atoms with E-state index in [1.54, 1.807) is 23.6 Å². The maximum absolute atomic E-state index is 13.1. The molecule has 4 aromatic rings. The molecule has 34 heavy (non-hydrogen) atoms. The molecule has 6 heteroatoms. The number of alkyl halides is 3. The molecule has 0 aliphatic heterocycles. The second kappa shape index (κ2) is 10.5. The maximum Gasteiger partial charge on any atom is 0.416 e. The van der Waals surface area contributed by atoms with E-state index in [0.717, 1.165) is 28.2 Å². The van der Waals surface area contributed by atoms with Crippen molar-refractivity contribution in [3.63, 3.8) is 0 Å². The van der Waals surface area contributed by atoms with Gasteiger partial charge < -0.3 is 0 Å². The Morgan fingerprint density at radius 3 is 1.94 bits per heavy atom. The molecule has 0 fully saturated rings. The standard InChI is InChI=1S/C28H19F4NS/c29-24-12-16-26(17-13-24)34-19-18-27(22-6-10-23(11-7-22)28(30,31)32)33-25-14-8-21(9-15-25)20-4-2-1-3-5-20/h1-19H/b19-18+,33-27-. The zero-order valence-electron chi connectivity index (χ0n) is 17.8. The molecule has 0 heterocycles. The van der Waals surface area contributed by atoms with Crippen LogP contribution in [0.1, 0.15) is 11.1 Å². The van der Waals surface area contributed by atoms with Gasteiger partial charge in [0.25, 0.3) is 0 Å². The molecule has 0 bridgehead atoms. The van der Waals surface area contributed by atoms with Crippen LogP contribution in [-0.4, -0.2) is 5.71 Å². The average Bonchev–Trinajstić information content (AvgIpc) is 2.85. The molecule has 0 amide bonds. The van der Waals surface area contributed by atoms with Gasteiger partial charge in [0, 0.05) is 10.5 Å². The molecular weight excluding hydrogens is 458 g/mol. The van der Waals surface area contributed by atoms with Gasteiger partial charge in [-0.15, -0.1) is 0 Å². The zero-order chi connectivity index (χ0) is 24.0. The second-order valence-electron chi connectivity index (χ2n) is 7.36. The van der Waals surface area contributed by atoms with Crippen LogP contribution in [0.4, 0.5) is 23.2 Å². The lowest BCUT2D eigenvalue weighted by Gasteiger charge is -2.08. The number of benzene rings is 4. The van der Waals surface area contributed by atoms with Crippen LogP contribution in [0.2, 0.25) is 0 Å². The number of nitrogens with zero attached hydrogens (tertiary/aromatic N) is 1. The van der Waals surface area contributed by atoms with Crippen molar-refractivity contribution in [1.29, 1.82) is 0 Å². The first-order chi connectivity index (χ1) is 16.4. The van der Waals surface area contributed by atoms with Crippen LogP contribution in [-0.2, 0) is 6.18 Å². The fraction of sp³-hybridized carbons (Fsp3) is 0.0357. The van der Waals surface area contributed by atoms with Crippen molar-refractivity contribution in [2.45, 2.75) is 11.1 Å². The van der Waals surface area contributed by atoms with E-state index < -0.39 is 11.7 Å². The largest absolute Gasteiger partial charge is 0.416 e. The van der Waals surface area contributed by atoms with Gasteiger partial charge >= 0.3 is 6.18 Å². The summed E-state index contributed by atoms with van der Waals surface area (Å²) in [6.45, 7) is 0. The quantitative estimate of drug-likeness (QED) is 0.153. The Morgan fingerprint density at radius 2 is 1.32 bits per heavy atom. The highest BCUT2D eigenvalue weighted by Gasteiger charge is 2.30. The predicted octanol–water partition coefficient (Wildman–Crippen LogP) is 8.94. The minimum atomic E-state index is -4.41. The van der Waals surface area contributed by atoms with Gasteiger partial charge in [-0.2, -0.15) is 13.2 Å². The highest BCUT2D eigenvalue weighted by atomic mass is 32.2. The fourth-order valence-electron chi connectivity index (χ4n) is 3.22. The van der Waals surface area contributed by atoms with Gasteiger partial charge in [0.2, 0.25) is 0 Å². The van der Waals surface area contributed by atoms with Gasteiger partial charge in [-0.3, -0.25) is 0 Å². The van der Waals surface area contributed by atoms with Gasteiger partial charge in [0.1, 0.15) is 5.82 Å². The molecule has 0 unspecified atom stereocenters. The predicted molar refractivity (Wildman–Crippen MR) is 131 cm³/mol. The number of allylic oxidation sites excluding steroid dienone is 1. The first-order valence-corrected chi connectivity index (χ1v) is 11.3. The molecule has 1 nitrogen and oxygen atoms in total. The molecule has 0 aliphatic carbocycles. The van der Waals surface area contributed by atoms with E-state index in [0.29, 0.717) is 17.0 Å². The van der Waals surface area contributed by atoms with E-state index in [-0.39, 0.29) is 5.82 Å². The molecule has 0 aliphatic rings. The first-order valence-electron chi connectivity index (χ1n) is 10.4. The zero-order valence-corrected chi connectivity index (χ0v) is 18.7. The summed E-state index contributed by atoms with van der Waals surface area (Å²) in [5.74, 6) is -0.320. The van der Waals surface area contributed by atoms with E-state index in [1.807, 2.05) is 54.6 Å². The minimum absolute atomic E-state index is 0.320. The Morgan fingerprint density at radius 1 is 0.706 bits per heavy atom. The van der Waals surface area contributed by atoms with Crippen LogP contribution >= 0.6 is 11.8 Å². The summed E-state index contributed by atoms with van der Waals surface area (Å²) < 4.78 is 52.1. The van der Waals surface area contributed by atoms with Gasteiger partial charge in [-0.25, -0.2) is 9.38 Å². The summed E-state index contributed by atoms with van der Waals surface area (Å²) in [5.41, 5.74) is 3.14. The van der Waals surface area contributed by atoms with Crippen molar-refractivity contribution in [1.82, 2.24) is 0 Å². The Hall–Kier alpha value is -3.64. The molecule has 4 rings (SSSR count). The summed E-state index contributed by atoms with van der Waals surface area (Å²) in [6.07, 6.45) is -2.67. The molecule has 0 saturated carbocycles. The van der Waals surface area contributed by atoms with Crippen molar-refractivity contribution < 1.29 is 17.6 Å². The summed E-state index contributed by atoms with van der Waals surface area (Å²) >= 11 is 1.36. The number of hydrogen-bond acceptors (Lipinski definition) is 2. The van der Waals surface area contributed by atoms with Crippen LogP contribution in [0.25, 0.3) is 11.1 Å². The van der Waals surface area contributed by atoms with Crippen molar-refractivity contribution in [3.05, 3.63) is 132 Å². The van der Waals surface area contributed by atoms with Crippen molar-refractivity contribution in [2.24, 2.45) is 4.99 Å². The minimum Gasteiger partial charge on any atom is -0.248 e. The topological polar surface area (TPSA) is 12.4 Å². The van der Waals surface area contributed by atoms with Crippen molar-refractivity contribution in [2.75, 3.05) is 0 Å². The lowest BCUT2D eigenvalue weighted by molar-refractivity contribution is -0.137. The Labute approximate surface area is 199 Å². The Kier molecular flexibility index (Phi) is 7.28. The van der Waals surface area contributed by atoms with Gasteiger partial charge in [0.15, 0.2) is 0 Å². The third-order valence-corrected chi connectivity index (χ3v) is 5.79.